The third-order valence-corrected chi connectivity index (χ3v) is 5.68. The van der Waals surface area contributed by atoms with Crippen molar-refractivity contribution in [1.29, 1.82) is 0 Å². The summed E-state index contributed by atoms with van der Waals surface area (Å²) < 4.78 is 7.53. The lowest BCUT2D eigenvalue weighted by molar-refractivity contribution is -0.133. The van der Waals surface area contributed by atoms with Crippen molar-refractivity contribution in [1.82, 2.24) is 19.2 Å². The zero-order valence-corrected chi connectivity index (χ0v) is 15.1. The zero-order chi connectivity index (χ0) is 17.3. The molecule has 2 fully saturated rings. The normalized spacial score (nSPS) is 25.6. The van der Waals surface area contributed by atoms with E-state index in [9.17, 15) is 9.90 Å². The van der Waals surface area contributed by atoms with Crippen LogP contribution in [0.5, 0.6) is 0 Å². The zero-order valence-electron chi connectivity index (χ0n) is 14.3. The van der Waals surface area contributed by atoms with Gasteiger partial charge in [0.2, 0.25) is 5.91 Å². The highest BCUT2D eigenvalue weighted by atomic mass is 32.1. The summed E-state index contributed by atoms with van der Waals surface area (Å²) in [6.45, 7) is 4.19. The fourth-order valence-corrected chi connectivity index (χ4v) is 4.43. The number of aromatic nitrogens is 2. The van der Waals surface area contributed by atoms with Gasteiger partial charge in [0.05, 0.1) is 31.9 Å². The molecule has 0 bridgehead atoms. The predicted molar refractivity (Wildman–Crippen MR) is 94.8 cm³/mol. The van der Waals surface area contributed by atoms with Crippen LogP contribution < -0.4 is 0 Å². The van der Waals surface area contributed by atoms with Crippen LogP contribution in [0.15, 0.2) is 17.8 Å². The summed E-state index contributed by atoms with van der Waals surface area (Å²) in [5.74, 6) is -0.00361. The van der Waals surface area contributed by atoms with E-state index in [-0.39, 0.29) is 18.9 Å². The van der Waals surface area contributed by atoms with E-state index in [1.807, 2.05) is 22.2 Å². The molecule has 0 aromatic carbocycles. The molecule has 2 aliphatic heterocycles. The fourth-order valence-electron chi connectivity index (χ4n) is 3.71. The van der Waals surface area contributed by atoms with E-state index in [1.165, 1.54) is 12.8 Å². The summed E-state index contributed by atoms with van der Waals surface area (Å²) in [6, 6.07) is 0. The van der Waals surface area contributed by atoms with Gasteiger partial charge in [-0.1, -0.05) is 0 Å². The monoisotopic (exact) mass is 364 g/mol. The summed E-state index contributed by atoms with van der Waals surface area (Å²) in [4.78, 5) is 22.1. The third-order valence-electron chi connectivity index (χ3n) is 4.91. The molecule has 1 N–H and O–H groups in total. The van der Waals surface area contributed by atoms with Crippen LogP contribution in [0.4, 0.5) is 0 Å². The number of imidazole rings is 1. The van der Waals surface area contributed by atoms with Crippen molar-refractivity contribution in [3.63, 3.8) is 0 Å². The molecule has 2 aliphatic rings. The van der Waals surface area contributed by atoms with Crippen molar-refractivity contribution in [3.05, 3.63) is 23.5 Å². The van der Waals surface area contributed by atoms with Crippen LogP contribution in [-0.4, -0.2) is 81.7 Å². The number of likely N-dealkylation sites (tertiary alicyclic amines) is 1. The lowest BCUT2D eigenvalue weighted by atomic mass is 10.0. The van der Waals surface area contributed by atoms with Gasteiger partial charge < -0.3 is 19.6 Å². The van der Waals surface area contributed by atoms with E-state index in [1.54, 1.807) is 16.2 Å². The first-order valence-corrected chi connectivity index (χ1v) is 9.71. The van der Waals surface area contributed by atoms with Crippen molar-refractivity contribution >= 4 is 22.2 Å². The van der Waals surface area contributed by atoms with Gasteiger partial charge in [-0.3, -0.25) is 9.20 Å². The Kier molecular flexibility index (Phi) is 4.77. The largest absolute Gasteiger partial charge is 0.384 e. The SMILES string of the molecule is O=C(Cc1cn2ccsc2n1)N1CCOCC(O)(CN2CCCC2)C1. The molecular weight excluding hydrogens is 340 g/mol. The van der Waals surface area contributed by atoms with E-state index in [4.69, 9.17) is 4.74 Å². The highest BCUT2D eigenvalue weighted by Crippen LogP contribution is 2.19. The Morgan fingerprint density at radius 3 is 3.00 bits per heavy atom. The Hall–Kier alpha value is -1.48. The summed E-state index contributed by atoms with van der Waals surface area (Å²) in [5.41, 5.74) is -0.226. The number of thiazole rings is 1. The molecule has 1 unspecified atom stereocenters. The Morgan fingerprint density at radius 2 is 2.20 bits per heavy atom. The molecule has 1 atom stereocenters. The van der Waals surface area contributed by atoms with Gasteiger partial charge in [-0.25, -0.2) is 4.98 Å². The standard InChI is InChI=1S/C17H24N4O3S/c22-15(9-14-10-20-6-8-25-16(20)18-14)21-5-7-24-13-17(23,12-21)11-19-3-1-2-4-19/h6,8,10,23H,1-5,7,9,11-13H2. The lowest BCUT2D eigenvalue weighted by Crippen LogP contribution is -2.53. The number of hydrogen-bond acceptors (Lipinski definition) is 6. The molecule has 0 radical (unpaired) electrons. The maximum atomic E-state index is 12.7. The second-order valence-corrected chi connectivity index (χ2v) is 7.95. The van der Waals surface area contributed by atoms with E-state index >= 15 is 0 Å². The number of aliphatic hydroxyl groups is 1. The summed E-state index contributed by atoms with van der Waals surface area (Å²) >= 11 is 1.55. The van der Waals surface area contributed by atoms with Crippen LogP contribution in [0.25, 0.3) is 4.96 Å². The summed E-state index contributed by atoms with van der Waals surface area (Å²) in [7, 11) is 0. The van der Waals surface area contributed by atoms with Crippen molar-refractivity contribution in [2.45, 2.75) is 24.9 Å². The molecule has 0 spiro atoms. The number of ether oxygens (including phenoxy) is 1. The van der Waals surface area contributed by atoms with Crippen LogP contribution >= 0.6 is 11.3 Å². The molecule has 4 heterocycles. The highest BCUT2D eigenvalue weighted by Gasteiger charge is 2.36. The summed E-state index contributed by atoms with van der Waals surface area (Å²) in [6.07, 6.45) is 6.45. The molecule has 25 heavy (non-hydrogen) atoms. The molecule has 1 amide bonds. The molecule has 0 aliphatic carbocycles. The molecule has 4 rings (SSSR count). The van der Waals surface area contributed by atoms with E-state index in [2.05, 4.69) is 9.88 Å². The van der Waals surface area contributed by atoms with Crippen molar-refractivity contribution < 1.29 is 14.6 Å². The molecule has 2 aromatic heterocycles. The van der Waals surface area contributed by atoms with E-state index in [0.717, 1.165) is 23.7 Å². The average Bonchev–Trinajstić information content (AvgIpc) is 3.25. The first-order valence-electron chi connectivity index (χ1n) is 8.83. The number of β-amino-alcohol motifs (C(OH)–C–C–N with tert-alkyl or cyclic N) is 1. The number of carbonyl (C=O) groups is 1. The van der Waals surface area contributed by atoms with Crippen LogP contribution in [-0.2, 0) is 16.0 Å². The average molecular weight is 364 g/mol. The molecule has 2 saturated heterocycles. The van der Waals surface area contributed by atoms with Crippen LogP contribution in [0, 0.1) is 0 Å². The topological polar surface area (TPSA) is 70.3 Å². The molecule has 8 heteroatoms. The predicted octanol–water partition coefficient (Wildman–Crippen LogP) is 0.624. The number of carbonyl (C=O) groups excluding carboxylic acids is 1. The maximum absolute atomic E-state index is 12.7. The van der Waals surface area contributed by atoms with Crippen LogP contribution in [0.1, 0.15) is 18.5 Å². The van der Waals surface area contributed by atoms with Gasteiger partial charge in [-0.15, -0.1) is 11.3 Å². The number of nitrogens with zero attached hydrogens (tertiary/aromatic N) is 4. The second-order valence-electron chi connectivity index (χ2n) is 7.08. The van der Waals surface area contributed by atoms with Crippen molar-refractivity contribution in [3.8, 4) is 0 Å². The van der Waals surface area contributed by atoms with E-state index in [0.29, 0.717) is 26.2 Å². The maximum Gasteiger partial charge on any atom is 0.228 e. The molecule has 136 valence electrons. The highest BCUT2D eigenvalue weighted by molar-refractivity contribution is 7.15. The quantitative estimate of drug-likeness (QED) is 0.861. The second kappa shape index (κ2) is 7.03. The van der Waals surface area contributed by atoms with Crippen molar-refractivity contribution in [2.75, 3.05) is 45.9 Å². The first kappa shape index (κ1) is 17.0. The van der Waals surface area contributed by atoms with Crippen LogP contribution in [0.2, 0.25) is 0 Å². The minimum Gasteiger partial charge on any atom is -0.384 e. The minimum atomic E-state index is -0.995. The smallest absolute Gasteiger partial charge is 0.228 e. The Bertz CT molecular complexity index is 711. The number of rotatable bonds is 4. The number of fused-ring (bicyclic) bond motifs is 1. The van der Waals surface area contributed by atoms with Crippen LogP contribution in [0.3, 0.4) is 0 Å². The number of amides is 1. The summed E-state index contributed by atoms with van der Waals surface area (Å²) in [5, 5.41) is 13.0. The molecule has 7 nitrogen and oxygen atoms in total. The number of hydrogen-bond donors (Lipinski definition) is 1. The van der Waals surface area contributed by atoms with Gasteiger partial charge in [-0.05, 0) is 25.9 Å². The van der Waals surface area contributed by atoms with Crippen molar-refractivity contribution in [2.24, 2.45) is 0 Å². The molecule has 2 aromatic rings. The van der Waals surface area contributed by atoms with Gasteiger partial charge in [0.15, 0.2) is 4.96 Å². The van der Waals surface area contributed by atoms with Gasteiger partial charge in [0.1, 0.15) is 5.60 Å². The Balaban J connectivity index is 1.42. The van der Waals surface area contributed by atoms with Gasteiger partial charge in [0, 0.05) is 30.9 Å². The Morgan fingerprint density at radius 1 is 1.36 bits per heavy atom. The minimum absolute atomic E-state index is 0.00361. The third kappa shape index (κ3) is 3.87. The molecule has 0 saturated carbocycles. The van der Waals surface area contributed by atoms with Gasteiger partial charge >= 0.3 is 0 Å². The van der Waals surface area contributed by atoms with Gasteiger partial charge in [0.25, 0.3) is 0 Å². The van der Waals surface area contributed by atoms with Gasteiger partial charge in [-0.2, -0.15) is 0 Å². The fraction of sp³-hybridized carbons (Fsp3) is 0.647. The Labute approximate surface area is 150 Å². The first-order chi connectivity index (χ1) is 12.1. The van der Waals surface area contributed by atoms with E-state index < -0.39 is 5.60 Å². The molecular formula is C17H24N4O3S. The lowest BCUT2D eigenvalue weighted by Gasteiger charge is -2.34.